The first-order chi connectivity index (χ1) is 6.46. The highest BCUT2D eigenvalue weighted by atomic mass is 16.4. The number of rotatable bonds is 1. The predicted octanol–water partition coefficient (Wildman–Crippen LogP) is 1.02. The van der Waals surface area contributed by atoms with E-state index in [1.54, 1.807) is 6.92 Å². The van der Waals surface area contributed by atoms with E-state index in [1.165, 1.54) is 0 Å². The van der Waals surface area contributed by atoms with Crippen molar-refractivity contribution in [3.05, 3.63) is 23.2 Å². The van der Waals surface area contributed by atoms with E-state index < -0.39 is 11.5 Å². The summed E-state index contributed by atoms with van der Waals surface area (Å²) in [7, 11) is 0. The molecule has 1 aliphatic rings. The maximum atomic E-state index is 11.1. The van der Waals surface area contributed by atoms with Gasteiger partial charge in [-0.15, -0.1) is 0 Å². The fourth-order valence-electron chi connectivity index (χ4n) is 2.09. The zero-order chi connectivity index (χ0) is 10.5. The molecule has 4 heteroatoms. The Bertz CT molecular complexity index is 396. The number of carboxylic acid groups (broad SMARTS) is 1. The SMILES string of the molecule is Cc1cc2c(o1)C(N)(C(=O)O)C(C)C2. The molecule has 0 aromatic carbocycles. The summed E-state index contributed by atoms with van der Waals surface area (Å²) in [6, 6.07) is 1.86. The van der Waals surface area contributed by atoms with Crippen LogP contribution in [0, 0.1) is 12.8 Å². The summed E-state index contributed by atoms with van der Waals surface area (Å²) in [4.78, 5) is 11.1. The Labute approximate surface area is 81.7 Å². The second-order valence-electron chi connectivity index (χ2n) is 3.99. The van der Waals surface area contributed by atoms with Crippen molar-refractivity contribution in [2.24, 2.45) is 11.7 Å². The molecule has 14 heavy (non-hydrogen) atoms. The standard InChI is InChI=1S/C10H13NO3/c1-5-3-7-4-6(2)14-8(7)10(5,11)9(12)13/h4-5H,3,11H2,1-2H3,(H,12,13). The summed E-state index contributed by atoms with van der Waals surface area (Å²) >= 11 is 0. The zero-order valence-electron chi connectivity index (χ0n) is 8.20. The van der Waals surface area contributed by atoms with E-state index in [4.69, 9.17) is 15.3 Å². The molecule has 0 bridgehead atoms. The van der Waals surface area contributed by atoms with Gasteiger partial charge in [-0.1, -0.05) is 6.92 Å². The largest absolute Gasteiger partial charge is 0.480 e. The number of fused-ring (bicyclic) bond motifs is 1. The van der Waals surface area contributed by atoms with Gasteiger partial charge in [0.2, 0.25) is 0 Å². The molecule has 0 radical (unpaired) electrons. The molecule has 4 nitrogen and oxygen atoms in total. The van der Waals surface area contributed by atoms with Gasteiger partial charge < -0.3 is 15.3 Å². The van der Waals surface area contributed by atoms with Crippen LogP contribution < -0.4 is 5.73 Å². The van der Waals surface area contributed by atoms with Gasteiger partial charge in [-0.25, -0.2) is 4.79 Å². The Morgan fingerprint density at radius 1 is 1.79 bits per heavy atom. The molecule has 0 amide bonds. The van der Waals surface area contributed by atoms with Crippen LogP contribution in [-0.4, -0.2) is 11.1 Å². The minimum absolute atomic E-state index is 0.116. The fraction of sp³-hybridized carbons (Fsp3) is 0.500. The van der Waals surface area contributed by atoms with Crippen LogP contribution in [0.15, 0.2) is 10.5 Å². The van der Waals surface area contributed by atoms with E-state index in [0.29, 0.717) is 12.2 Å². The number of nitrogens with two attached hydrogens (primary N) is 1. The highest BCUT2D eigenvalue weighted by Gasteiger charge is 2.51. The fourth-order valence-corrected chi connectivity index (χ4v) is 2.09. The van der Waals surface area contributed by atoms with Crippen LogP contribution in [0.2, 0.25) is 0 Å². The molecule has 2 rings (SSSR count). The first kappa shape index (κ1) is 9.27. The summed E-state index contributed by atoms with van der Waals surface area (Å²) in [6.07, 6.45) is 0.676. The number of hydrogen-bond acceptors (Lipinski definition) is 3. The number of aliphatic carboxylic acids is 1. The van der Waals surface area contributed by atoms with Gasteiger partial charge in [0.25, 0.3) is 0 Å². The van der Waals surface area contributed by atoms with Crippen molar-refractivity contribution < 1.29 is 14.3 Å². The number of furan rings is 1. The number of hydrogen-bond donors (Lipinski definition) is 2. The minimum Gasteiger partial charge on any atom is -0.480 e. The second-order valence-corrected chi connectivity index (χ2v) is 3.99. The number of carbonyl (C=O) groups is 1. The van der Waals surface area contributed by atoms with E-state index in [-0.39, 0.29) is 5.92 Å². The van der Waals surface area contributed by atoms with Crippen molar-refractivity contribution >= 4 is 5.97 Å². The Balaban J connectivity index is 2.57. The van der Waals surface area contributed by atoms with Crippen LogP contribution in [0.3, 0.4) is 0 Å². The molecule has 2 atom stereocenters. The molecule has 0 aliphatic heterocycles. The summed E-state index contributed by atoms with van der Waals surface area (Å²) in [5.74, 6) is 0.0143. The maximum absolute atomic E-state index is 11.1. The lowest BCUT2D eigenvalue weighted by atomic mass is 9.89. The average Bonchev–Trinajstić information content (AvgIpc) is 2.53. The Kier molecular flexibility index (Phi) is 1.72. The summed E-state index contributed by atoms with van der Waals surface area (Å²) in [6.45, 7) is 3.63. The monoisotopic (exact) mass is 195 g/mol. The van der Waals surface area contributed by atoms with E-state index in [9.17, 15) is 4.79 Å². The molecule has 1 aliphatic carbocycles. The van der Waals surface area contributed by atoms with Crippen molar-refractivity contribution in [3.63, 3.8) is 0 Å². The van der Waals surface area contributed by atoms with Crippen LogP contribution in [0.5, 0.6) is 0 Å². The molecule has 3 N–H and O–H groups in total. The third kappa shape index (κ3) is 0.944. The molecule has 76 valence electrons. The van der Waals surface area contributed by atoms with Gasteiger partial charge in [-0.2, -0.15) is 0 Å². The van der Waals surface area contributed by atoms with Gasteiger partial charge in [0.15, 0.2) is 5.54 Å². The quantitative estimate of drug-likeness (QED) is 0.701. The third-order valence-electron chi connectivity index (χ3n) is 2.97. The molecule has 0 saturated heterocycles. The van der Waals surface area contributed by atoms with Gasteiger partial charge in [0.05, 0.1) is 0 Å². The van der Waals surface area contributed by atoms with E-state index in [2.05, 4.69) is 0 Å². The Hall–Kier alpha value is -1.29. The van der Waals surface area contributed by atoms with Crippen LogP contribution in [0.1, 0.15) is 24.0 Å². The van der Waals surface area contributed by atoms with Gasteiger partial charge in [0, 0.05) is 0 Å². The maximum Gasteiger partial charge on any atom is 0.331 e. The highest BCUT2D eigenvalue weighted by molar-refractivity contribution is 5.81. The van der Waals surface area contributed by atoms with Crippen LogP contribution in [0.4, 0.5) is 0 Å². The van der Waals surface area contributed by atoms with Crippen molar-refractivity contribution in [2.45, 2.75) is 25.8 Å². The average molecular weight is 195 g/mol. The lowest BCUT2D eigenvalue weighted by Gasteiger charge is -2.22. The molecule has 0 spiro atoms. The van der Waals surface area contributed by atoms with Gasteiger partial charge >= 0.3 is 5.97 Å². The summed E-state index contributed by atoms with van der Waals surface area (Å²) in [5, 5.41) is 9.11. The highest BCUT2D eigenvalue weighted by Crippen LogP contribution is 2.41. The number of aryl methyl sites for hydroxylation is 1. The third-order valence-corrected chi connectivity index (χ3v) is 2.97. The van der Waals surface area contributed by atoms with Crippen LogP contribution in [-0.2, 0) is 16.8 Å². The first-order valence-corrected chi connectivity index (χ1v) is 4.58. The number of carboxylic acids is 1. The second kappa shape index (κ2) is 2.60. The lowest BCUT2D eigenvalue weighted by Crippen LogP contribution is -2.47. The van der Waals surface area contributed by atoms with Gasteiger partial charge in [0.1, 0.15) is 11.5 Å². The minimum atomic E-state index is -1.34. The van der Waals surface area contributed by atoms with Crippen molar-refractivity contribution in [3.8, 4) is 0 Å². The van der Waals surface area contributed by atoms with Crippen molar-refractivity contribution in [2.75, 3.05) is 0 Å². The van der Waals surface area contributed by atoms with Gasteiger partial charge in [-0.3, -0.25) is 0 Å². The normalized spacial score (nSPS) is 30.4. The summed E-state index contributed by atoms with van der Waals surface area (Å²) in [5.41, 5.74) is 5.46. The van der Waals surface area contributed by atoms with Crippen LogP contribution >= 0.6 is 0 Å². The molecular weight excluding hydrogens is 182 g/mol. The van der Waals surface area contributed by atoms with E-state index in [1.807, 2.05) is 13.0 Å². The predicted molar refractivity (Wildman–Crippen MR) is 49.8 cm³/mol. The molecule has 2 unspecified atom stereocenters. The zero-order valence-corrected chi connectivity index (χ0v) is 8.20. The molecule has 0 saturated carbocycles. The molecular formula is C10H13NO3. The van der Waals surface area contributed by atoms with Crippen LogP contribution in [0.25, 0.3) is 0 Å². The first-order valence-electron chi connectivity index (χ1n) is 4.58. The van der Waals surface area contributed by atoms with Crippen molar-refractivity contribution in [1.82, 2.24) is 0 Å². The Morgan fingerprint density at radius 3 is 3.00 bits per heavy atom. The van der Waals surface area contributed by atoms with Crippen molar-refractivity contribution in [1.29, 1.82) is 0 Å². The van der Waals surface area contributed by atoms with E-state index in [0.717, 1.165) is 11.3 Å². The molecule has 0 fully saturated rings. The van der Waals surface area contributed by atoms with E-state index >= 15 is 0 Å². The topological polar surface area (TPSA) is 76.5 Å². The molecule has 1 heterocycles. The Morgan fingerprint density at radius 2 is 2.43 bits per heavy atom. The molecule has 1 aromatic rings. The van der Waals surface area contributed by atoms with Gasteiger partial charge in [-0.05, 0) is 30.9 Å². The molecule has 1 aromatic heterocycles. The summed E-state index contributed by atoms with van der Waals surface area (Å²) < 4.78 is 5.37. The lowest BCUT2D eigenvalue weighted by molar-refractivity contribution is -0.146. The smallest absolute Gasteiger partial charge is 0.331 e.